The van der Waals surface area contributed by atoms with E-state index in [2.05, 4.69) is 15.6 Å². The predicted octanol–water partition coefficient (Wildman–Crippen LogP) is -3.93. The number of carbonyl (C=O) groups is 4. The first kappa shape index (κ1) is 26.3. The van der Waals surface area contributed by atoms with Crippen molar-refractivity contribution in [3.63, 3.8) is 0 Å². The highest BCUT2D eigenvalue weighted by atomic mass is 32.2. The molecule has 0 radical (unpaired) electrons. The Hall–Kier alpha value is -2.74. The quantitative estimate of drug-likeness (QED) is 0.0798. The van der Waals surface area contributed by atoms with Crippen molar-refractivity contribution in [3.05, 3.63) is 0 Å². The number of aliphatic imine (C=N–C) groups is 1. The summed E-state index contributed by atoms with van der Waals surface area (Å²) in [6, 6.07) is -3.75. The minimum atomic E-state index is -1.40. The number of carbonyl (C=O) groups excluding carboxylic acids is 3. The summed E-state index contributed by atoms with van der Waals surface area (Å²) in [5.41, 5.74) is 21.1. The van der Waals surface area contributed by atoms with Crippen LogP contribution in [0.15, 0.2) is 4.99 Å². The maximum absolute atomic E-state index is 12.4. The standard InChI is InChI=1S/C15H29N7O6S/c1-29(28)6-4-8(16)12(24)22-10(7-11(17)23)13(25)21-9(14(26)27)3-2-5-20-15(18)19/h8-10H,2-7,16H2,1H3,(H2,17,23)(H,21,25)(H,22,24)(H,26,27)(H4,18,19,20). The molecule has 11 N–H and O–H groups in total. The van der Waals surface area contributed by atoms with Gasteiger partial charge in [-0.3, -0.25) is 23.6 Å². The smallest absolute Gasteiger partial charge is 0.326 e. The Kier molecular flexibility index (Phi) is 12.2. The van der Waals surface area contributed by atoms with Crippen LogP contribution in [-0.4, -0.2) is 75.6 Å². The Balaban J connectivity index is 4.99. The highest BCUT2D eigenvalue weighted by molar-refractivity contribution is 7.84. The topological polar surface area (TPSA) is 246 Å². The van der Waals surface area contributed by atoms with Gasteiger partial charge in [0.2, 0.25) is 17.7 Å². The summed E-state index contributed by atoms with van der Waals surface area (Å²) in [4.78, 5) is 50.8. The van der Waals surface area contributed by atoms with Crippen molar-refractivity contribution >= 4 is 40.4 Å². The molecule has 0 bridgehead atoms. The van der Waals surface area contributed by atoms with Gasteiger partial charge in [-0.05, 0) is 19.3 Å². The van der Waals surface area contributed by atoms with Gasteiger partial charge in [0.15, 0.2) is 5.96 Å². The van der Waals surface area contributed by atoms with Gasteiger partial charge in [-0.25, -0.2) is 4.79 Å². The first-order valence-electron chi connectivity index (χ1n) is 8.66. The van der Waals surface area contributed by atoms with Gasteiger partial charge >= 0.3 is 5.97 Å². The average molecular weight is 436 g/mol. The number of aliphatic carboxylic acids is 1. The molecule has 0 aromatic carbocycles. The van der Waals surface area contributed by atoms with E-state index in [1.807, 2.05) is 0 Å². The van der Waals surface area contributed by atoms with Gasteiger partial charge in [0.05, 0.1) is 12.5 Å². The van der Waals surface area contributed by atoms with E-state index in [9.17, 15) is 28.5 Å². The van der Waals surface area contributed by atoms with Crippen molar-refractivity contribution in [3.8, 4) is 0 Å². The SMILES string of the molecule is CS(=O)CCC(N)C(=O)NC(CC(N)=O)C(=O)NC(CCCN=C(N)N)C(=O)O. The summed E-state index contributed by atoms with van der Waals surface area (Å²) >= 11 is 0. The lowest BCUT2D eigenvalue weighted by Crippen LogP contribution is -2.55. The number of primary amides is 1. The van der Waals surface area contributed by atoms with Crippen molar-refractivity contribution in [1.82, 2.24) is 10.6 Å². The zero-order valence-corrected chi connectivity index (χ0v) is 16.9. The predicted molar refractivity (Wildman–Crippen MR) is 107 cm³/mol. The van der Waals surface area contributed by atoms with Crippen molar-refractivity contribution in [2.24, 2.45) is 27.9 Å². The summed E-state index contributed by atoms with van der Waals surface area (Å²) in [5, 5.41) is 13.8. The molecular formula is C15H29N7O6S. The average Bonchev–Trinajstić information content (AvgIpc) is 2.60. The molecule has 29 heavy (non-hydrogen) atoms. The van der Waals surface area contributed by atoms with Gasteiger partial charge in [-0.2, -0.15) is 0 Å². The lowest BCUT2D eigenvalue weighted by molar-refractivity contribution is -0.142. The van der Waals surface area contributed by atoms with Crippen LogP contribution >= 0.6 is 0 Å². The van der Waals surface area contributed by atoms with Gasteiger partial charge < -0.3 is 38.7 Å². The molecule has 0 heterocycles. The number of guanidine groups is 1. The first-order chi connectivity index (χ1) is 13.4. The van der Waals surface area contributed by atoms with Crippen molar-refractivity contribution in [1.29, 1.82) is 0 Å². The summed E-state index contributed by atoms with van der Waals surface area (Å²) in [6.45, 7) is 0.164. The Morgan fingerprint density at radius 3 is 2.10 bits per heavy atom. The highest BCUT2D eigenvalue weighted by Crippen LogP contribution is 2.02. The zero-order chi connectivity index (χ0) is 22.6. The minimum Gasteiger partial charge on any atom is -0.480 e. The maximum atomic E-state index is 12.4. The van der Waals surface area contributed by atoms with Crippen LogP contribution in [0.1, 0.15) is 25.7 Å². The third-order valence-corrected chi connectivity index (χ3v) is 4.46. The molecular weight excluding hydrogens is 406 g/mol. The number of amides is 3. The molecule has 0 aromatic heterocycles. The summed E-state index contributed by atoms with van der Waals surface area (Å²) in [5.74, 6) is -3.82. The maximum Gasteiger partial charge on any atom is 0.326 e. The second kappa shape index (κ2) is 13.4. The van der Waals surface area contributed by atoms with Crippen LogP contribution in [0.25, 0.3) is 0 Å². The Bertz CT molecular complexity index is 653. The van der Waals surface area contributed by atoms with E-state index in [-0.39, 0.29) is 37.5 Å². The van der Waals surface area contributed by atoms with Crippen LogP contribution < -0.4 is 33.6 Å². The summed E-state index contributed by atoms with van der Waals surface area (Å²) in [7, 11) is -1.16. The molecule has 0 rings (SSSR count). The van der Waals surface area contributed by atoms with Crippen molar-refractivity contribution in [2.45, 2.75) is 43.8 Å². The number of nitrogens with zero attached hydrogens (tertiary/aromatic N) is 1. The molecule has 0 fully saturated rings. The Morgan fingerprint density at radius 1 is 1.03 bits per heavy atom. The molecule has 0 aromatic rings. The van der Waals surface area contributed by atoms with Crippen LogP contribution in [0.5, 0.6) is 0 Å². The number of carboxylic acid groups (broad SMARTS) is 1. The van der Waals surface area contributed by atoms with Crippen LogP contribution in [0.3, 0.4) is 0 Å². The molecule has 14 heteroatoms. The van der Waals surface area contributed by atoms with E-state index in [1.165, 1.54) is 6.26 Å². The van der Waals surface area contributed by atoms with E-state index in [1.54, 1.807) is 0 Å². The van der Waals surface area contributed by atoms with E-state index < -0.39 is 59.0 Å². The number of nitrogens with two attached hydrogens (primary N) is 4. The normalized spacial score (nSPS) is 14.7. The Labute approximate surface area is 170 Å². The fourth-order valence-corrected chi connectivity index (χ4v) is 2.73. The van der Waals surface area contributed by atoms with E-state index in [0.717, 1.165) is 0 Å². The van der Waals surface area contributed by atoms with Crippen molar-refractivity contribution in [2.75, 3.05) is 18.6 Å². The van der Waals surface area contributed by atoms with Gasteiger partial charge in [0, 0.05) is 29.4 Å². The third kappa shape index (κ3) is 12.4. The molecule has 13 nitrogen and oxygen atoms in total. The lowest BCUT2D eigenvalue weighted by Gasteiger charge is -2.22. The molecule has 0 spiro atoms. The highest BCUT2D eigenvalue weighted by Gasteiger charge is 2.29. The minimum absolute atomic E-state index is 0.0108. The molecule has 4 atom stereocenters. The molecule has 3 amide bonds. The number of hydrogen-bond acceptors (Lipinski definition) is 7. The third-order valence-electron chi connectivity index (χ3n) is 3.65. The molecule has 4 unspecified atom stereocenters. The fraction of sp³-hybridized carbons (Fsp3) is 0.667. The number of rotatable bonds is 14. The first-order valence-corrected chi connectivity index (χ1v) is 10.4. The second-order valence-electron chi connectivity index (χ2n) is 6.25. The van der Waals surface area contributed by atoms with E-state index in [4.69, 9.17) is 22.9 Å². The zero-order valence-electron chi connectivity index (χ0n) is 16.1. The van der Waals surface area contributed by atoms with Gasteiger partial charge in [0.25, 0.3) is 0 Å². The Morgan fingerprint density at radius 2 is 1.62 bits per heavy atom. The molecule has 0 aliphatic rings. The van der Waals surface area contributed by atoms with E-state index >= 15 is 0 Å². The largest absolute Gasteiger partial charge is 0.480 e. The number of carboxylic acids is 1. The summed E-state index contributed by atoms with van der Waals surface area (Å²) < 4.78 is 11.1. The van der Waals surface area contributed by atoms with Crippen LogP contribution in [0.2, 0.25) is 0 Å². The van der Waals surface area contributed by atoms with Crippen LogP contribution in [0, 0.1) is 0 Å². The molecule has 0 saturated heterocycles. The molecule has 0 saturated carbocycles. The molecule has 166 valence electrons. The van der Waals surface area contributed by atoms with Crippen LogP contribution in [-0.2, 0) is 30.0 Å². The monoisotopic (exact) mass is 435 g/mol. The number of hydrogen-bond donors (Lipinski definition) is 7. The van der Waals surface area contributed by atoms with E-state index in [0.29, 0.717) is 0 Å². The lowest BCUT2D eigenvalue weighted by atomic mass is 10.1. The van der Waals surface area contributed by atoms with Gasteiger partial charge in [0.1, 0.15) is 12.1 Å². The number of nitrogens with one attached hydrogen (secondary N) is 2. The van der Waals surface area contributed by atoms with Gasteiger partial charge in [-0.15, -0.1) is 0 Å². The fourth-order valence-electron chi connectivity index (χ4n) is 2.15. The van der Waals surface area contributed by atoms with Crippen LogP contribution in [0.4, 0.5) is 0 Å². The van der Waals surface area contributed by atoms with Gasteiger partial charge in [-0.1, -0.05) is 0 Å². The van der Waals surface area contributed by atoms with Crippen molar-refractivity contribution < 1.29 is 28.5 Å². The summed E-state index contributed by atoms with van der Waals surface area (Å²) in [6.07, 6.45) is 1.28. The second-order valence-corrected chi connectivity index (χ2v) is 7.81. The molecule has 0 aliphatic heterocycles. The molecule has 0 aliphatic carbocycles.